The third-order valence-electron chi connectivity index (χ3n) is 2.59. The molecule has 0 bridgehead atoms. The van der Waals surface area contributed by atoms with Gasteiger partial charge in [0.1, 0.15) is 6.04 Å². The molecule has 6 nitrogen and oxygen atoms in total. The molecule has 0 spiro atoms. The summed E-state index contributed by atoms with van der Waals surface area (Å²) in [5.41, 5.74) is 6.20. The highest BCUT2D eigenvalue weighted by atomic mass is 32.2. The lowest BCUT2D eigenvalue weighted by Gasteiger charge is -2.06. The second-order valence-corrected chi connectivity index (χ2v) is 5.21. The van der Waals surface area contributed by atoms with Gasteiger partial charge in [-0.15, -0.1) is 0 Å². The maximum atomic E-state index is 10.8. The Morgan fingerprint density at radius 2 is 2.11 bits per heavy atom. The standard InChI is InChI=1S/C12H16N2O4S/c13-10(12(15)16)6-8-19-7-5-9-3-1-2-4-11(9)14(17)18/h1-4,10H,5-8,13H2,(H,15,16). The SMILES string of the molecule is NC(CCSCCc1ccccc1[N+](=O)[O-])C(=O)O. The van der Waals surface area contributed by atoms with Crippen LogP contribution < -0.4 is 5.73 Å². The number of rotatable bonds is 8. The molecule has 0 aliphatic carbocycles. The van der Waals surface area contributed by atoms with Gasteiger partial charge in [0.05, 0.1) is 4.92 Å². The van der Waals surface area contributed by atoms with E-state index >= 15 is 0 Å². The largest absolute Gasteiger partial charge is 0.480 e. The minimum absolute atomic E-state index is 0.130. The molecule has 7 heteroatoms. The monoisotopic (exact) mass is 284 g/mol. The highest BCUT2D eigenvalue weighted by Crippen LogP contribution is 2.19. The van der Waals surface area contributed by atoms with Gasteiger partial charge in [0, 0.05) is 11.6 Å². The zero-order chi connectivity index (χ0) is 14.3. The van der Waals surface area contributed by atoms with Gasteiger partial charge in [0.2, 0.25) is 0 Å². The first-order chi connectivity index (χ1) is 9.02. The van der Waals surface area contributed by atoms with E-state index in [1.165, 1.54) is 6.07 Å². The second-order valence-electron chi connectivity index (χ2n) is 3.98. The van der Waals surface area contributed by atoms with Crippen LogP contribution in [0, 0.1) is 10.1 Å². The van der Waals surface area contributed by atoms with Crippen molar-refractivity contribution in [2.24, 2.45) is 5.73 Å². The van der Waals surface area contributed by atoms with E-state index in [0.717, 1.165) is 0 Å². The molecule has 1 aromatic rings. The van der Waals surface area contributed by atoms with Crippen LogP contribution in [-0.2, 0) is 11.2 Å². The summed E-state index contributed by atoms with van der Waals surface area (Å²) >= 11 is 1.55. The Bertz CT molecular complexity index is 453. The molecule has 1 rings (SSSR count). The summed E-state index contributed by atoms with van der Waals surface area (Å²) in [6, 6.07) is 5.80. The van der Waals surface area contributed by atoms with Gasteiger partial charge in [0.25, 0.3) is 5.69 Å². The molecule has 0 radical (unpaired) electrons. The van der Waals surface area contributed by atoms with Crippen molar-refractivity contribution in [1.29, 1.82) is 0 Å². The third-order valence-corrected chi connectivity index (χ3v) is 3.61. The van der Waals surface area contributed by atoms with Crippen LogP contribution in [0.4, 0.5) is 5.69 Å². The van der Waals surface area contributed by atoms with Crippen LogP contribution >= 0.6 is 11.8 Å². The van der Waals surface area contributed by atoms with Crippen molar-refractivity contribution in [1.82, 2.24) is 0 Å². The van der Waals surface area contributed by atoms with Crippen LogP contribution in [0.25, 0.3) is 0 Å². The molecular formula is C12H16N2O4S. The van der Waals surface area contributed by atoms with Crippen LogP contribution in [0.1, 0.15) is 12.0 Å². The number of nitrogens with two attached hydrogens (primary N) is 1. The number of carbonyl (C=O) groups is 1. The van der Waals surface area contributed by atoms with Crippen LogP contribution in [0.2, 0.25) is 0 Å². The molecule has 3 N–H and O–H groups in total. The van der Waals surface area contributed by atoms with Gasteiger partial charge in [-0.1, -0.05) is 18.2 Å². The zero-order valence-electron chi connectivity index (χ0n) is 10.3. The van der Waals surface area contributed by atoms with Crippen LogP contribution in [0.15, 0.2) is 24.3 Å². The highest BCUT2D eigenvalue weighted by molar-refractivity contribution is 7.99. The molecule has 0 aromatic heterocycles. The Kier molecular flexibility index (Phi) is 6.31. The molecule has 0 aliphatic rings. The molecule has 0 heterocycles. The average molecular weight is 284 g/mol. The van der Waals surface area contributed by atoms with Gasteiger partial charge in [-0.05, 0) is 24.3 Å². The van der Waals surface area contributed by atoms with Gasteiger partial charge >= 0.3 is 5.97 Å². The fraction of sp³-hybridized carbons (Fsp3) is 0.417. The van der Waals surface area contributed by atoms with E-state index in [4.69, 9.17) is 10.8 Å². The molecule has 1 aromatic carbocycles. The van der Waals surface area contributed by atoms with Crippen LogP contribution in [0.5, 0.6) is 0 Å². The van der Waals surface area contributed by atoms with E-state index < -0.39 is 12.0 Å². The number of thioether (sulfide) groups is 1. The van der Waals surface area contributed by atoms with E-state index in [9.17, 15) is 14.9 Å². The van der Waals surface area contributed by atoms with Crippen LogP contribution in [-0.4, -0.2) is 33.5 Å². The predicted molar refractivity (Wildman–Crippen MR) is 74.4 cm³/mol. The normalized spacial score (nSPS) is 12.1. The molecule has 1 atom stereocenters. The summed E-state index contributed by atoms with van der Waals surface area (Å²) < 4.78 is 0. The summed E-state index contributed by atoms with van der Waals surface area (Å²) in [7, 11) is 0. The van der Waals surface area contributed by atoms with E-state index in [2.05, 4.69) is 0 Å². The summed E-state index contributed by atoms with van der Waals surface area (Å²) in [6.45, 7) is 0. The van der Waals surface area contributed by atoms with Crippen molar-refractivity contribution in [3.05, 3.63) is 39.9 Å². The number of nitrogens with zero attached hydrogens (tertiary/aromatic N) is 1. The molecular weight excluding hydrogens is 268 g/mol. The van der Waals surface area contributed by atoms with Crippen molar-refractivity contribution in [3.63, 3.8) is 0 Å². The number of nitro benzene ring substituents is 1. The molecule has 0 fully saturated rings. The number of aliphatic carboxylic acids is 1. The lowest BCUT2D eigenvalue weighted by atomic mass is 10.1. The number of nitro groups is 1. The fourth-order valence-electron chi connectivity index (χ4n) is 1.52. The zero-order valence-corrected chi connectivity index (χ0v) is 11.1. The van der Waals surface area contributed by atoms with Crippen molar-refractivity contribution in [2.45, 2.75) is 18.9 Å². The minimum Gasteiger partial charge on any atom is -0.480 e. The second kappa shape index (κ2) is 7.75. The number of hydrogen-bond acceptors (Lipinski definition) is 5. The maximum absolute atomic E-state index is 10.8. The summed E-state index contributed by atoms with van der Waals surface area (Å²) in [4.78, 5) is 20.9. The molecule has 0 saturated carbocycles. The maximum Gasteiger partial charge on any atom is 0.320 e. The van der Waals surface area contributed by atoms with Gasteiger partial charge in [-0.25, -0.2) is 0 Å². The first-order valence-corrected chi connectivity index (χ1v) is 6.96. The van der Waals surface area contributed by atoms with E-state index in [1.54, 1.807) is 30.0 Å². The Morgan fingerprint density at radius 1 is 1.42 bits per heavy atom. The smallest absolute Gasteiger partial charge is 0.320 e. The van der Waals surface area contributed by atoms with Gasteiger partial charge < -0.3 is 10.8 Å². The van der Waals surface area contributed by atoms with Gasteiger partial charge in [-0.2, -0.15) is 11.8 Å². The van der Waals surface area contributed by atoms with E-state index in [-0.39, 0.29) is 10.6 Å². The lowest BCUT2D eigenvalue weighted by molar-refractivity contribution is -0.385. The quantitative estimate of drug-likeness (QED) is 0.427. The number of hydrogen-bond donors (Lipinski definition) is 2. The van der Waals surface area contributed by atoms with Crippen LogP contribution in [0.3, 0.4) is 0 Å². The van der Waals surface area contributed by atoms with Crippen molar-refractivity contribution >= 4 is 23.4 Å². The Morgan fingerprint density at radius 3 is 2.74 bits per heavy atom. The first kappa shape index (κ1) is 15.5. The fourth-order valence-corrected chi connectivity index (χ4v) is 2.51. The number of carboxylic acid groups (broad SMARTS) is 1. The van der Waals surface area contributed by atoms with E-state index in [0.29, 0.717) is 29.9 Å². The number of carboxylic acids is 1. The van der Waals surface area contributed by atoms with Crippen molar-refractivity contribution in [3.8, 4) is 0 Å². The number of aryl methyl sites for hydroxylation is 1. The summed E-state index contributed by atoms with van der Waals surface area (Å²) in [6.07, 6.45) is 0.987. The average Bonchev–Trinajstić information content (AvgIpc) is 2.38. The number of benzene rings is 1. The highest BCUT2D eigenvalue weighted by Gasteiger charge is 2.12. The lowest BCUT2D eigenvalue weighted by Crippen LogP contribution is -2.30. The molecule has 19 heavy (non-hydrogen) atoms. The first-order valence-electron chi connectivity index (χ1n) is 5.80. The van der Waals surface area contributed by atoms with Crippen molar-refractivity contribution < 1.29 is 14.8 Å². The Labute approximate surface area is 115 Å². The number of para-hydroxylation sites is 1. The molecule has 1 unspecified atom stereocenters. The summed E-state index contributed by atoms with van der Waals surface area (Å²) in [5.74, 6) is 0.338. The minimum atomic E-state index is -1.00. The Hall–Kier alpha value is -1.60. The van der Waals surface area contributed by atoms with E-state index in [1.807, 2.05) is 0 Å². The molecule has 104 valence electrons. The topological polar surface area (TPSA) is 106 Å². The van der Waals surface area contributed by atoms with Gasteiger partial charge in [-0.3, -0.25) is 14.9 Å². The van der Waals surface area contributed by atoms with Gasteiger partial charge in [0.15, 0.2) is 0 Å². The predicted octanol–water partition coefficient (Wildman–Crippen LogP) is 1.67. The Balaban J connectivity index is 2.34. The molecule has 0 amide bonds. The van der Waals surface area contributed by atoms with Crippen molar-refractivity contribution in [2.75, 3.05) is 11.5 Å². The molecule has 0 aliphatic heterocycles. The summed E-state index contributed by atoms with van der Waals surface area (Å²) in [5, 5.41) is 19.4. The molecule has 0 saturated heterocycles. The third kappa shape index (κ3) is 5.27.